The maximum Gasteiger partial charge on any atom is 0.133 e. The first-order chi connectivity index (χ1) is 8.81. The molecule has 96 valence electrons. The van der Waals surface area contributed by atoms with Gasteiger partial charge in [-0.1, -0.05) is 6.07 Å². The minimum Gasteiger partial charge on any atom is -0.496 e. The second-order valence-corrected chi connectivity index (χ2v) is 4.66. The lowest BCUT2D eigenvalue weighted by Crippen LogP contribution is -2.34. The van der Waals surface area contributed by atoms with Crippen LogP contribution in [0.5, 0.6) is 5.75 Å². The summed E-state index contributed by atoms with van der Waals surface area (Å²) in [5, 5.41) is 4.64. The normalized spacial score (nSPS) is 20.2. The summed E-state index contributed by atoms with van der Waals surface area (Å²) in [5.41, 5.74) is 3.50. The number of aryl methyl sites for hydroxylation is 1. The number of hydrogen-bond acceptors (Lipinski definition) is 3. The fourth-order valence-corrected chi connectivity index (χ4v) is 2.63. The lowest BCUT2D eigenvalue weighted by Gasteiger charge is -2.26. The molecule has 4 nitrogen and oxygen atoms in total. The molecular formula is C14H18N2O2. The van der Waals surface area contributed by atoms with E-state index >= 15 is 0 Å². The van der Waals surface area contributed by atoms with Crippen LogP contribution in [0.15, 0.2) is 18.3 Å². The zero-order valence-electron chi connectivity index (χ0n) is 10.7. The third-order valence-corrected chi connectivity index (χ3v) is 3.53. The number of aromatic amines is 1. The molecule has 2 aromatic rings. The number of benzene rings is 1. The fourth-order valence-electron chi connectivity index (χ4n) is 2.63. The molecule has 0 spiro atoms. The number of rotatable bonds is 2. The molecule has 1 atom stereocenters. The van der Waals surface area contributed by atoms with Gasteiger partial charge in [0, 0.05) is 29.2 Å². The molecule has 0 bridgehead atoms. The second kappa shape index (κ2) is 4.63. The van der Waals surface area contributed by atoms with Crippen molar-refractivity contribution in [1.29, 1.82) is 0 Å². The van der Waals surface area contributed by atoms with Gasteiger partial charge in [0.05, 0.1) is 26.4 Å². The molecule has 18 heavy (non-hydrogen) atoms. The van der Waals surface area contributed by atoms with Gasteiger partial charge < -0.3 is 19.8 Å². The van der Waals surface area contributed by atoms with Crippen LogP contribution in [0.25, 0.3) is 10.9 Å². The number of aromatic nitrogens is 1. The van der Waals surface area contributed by atoms with Gasteiger partial charge in [0.1, 0.15) is 5.75 Å². The maximum absolute atomic E-state index is 5.64. The van der Waals surface area contributed by atoms with Crippen molar-refractivity contribution in [3.63, 3.8) is 0 Å². The molecule has 2 N–H and O–H groups in total. The zero-order chi connectivity index (χ0) is 12.5. The highest BCUT2D eigenvalue weighted by atomic mass is 16.5. The molecule has 1 aliphatic rings. The molecule has 0 saturated carbocycles. The summed E-state index contributed by atoms with van der Waals surface area (Å²) >= 11 is 0. The Labute approximate surface area is 106 Å². The summed E-state index contributed by atoms with van der Waals surface area (Å²) in [5.74, 6) is 0.953. The summed E-state index contributed by atoms with van der Waals surface area (Å²) in [4.78, 5) is 3.26. The van der Waals surface area contributed by atoms with Crippen molar-refractivity contribution in [2.75, 3.05) is 26.9 Å². The first-order valence-corrected chi connectivity index (χ1v) is 6.27. The highest BCUT2D eigenvalue weighted by Gasteiger charge is 2.21. The summed E-state index contributed by atoms with van der Waals surface area (Å²) in [6, 6.07) is 4.44. The predicted octanol–water partition coefficient (Wildman–Crippen LogP) is 2.15. The minimum absolute atomic E-state index is 0.215. The first kappa shape index (κ1) is 11.6. The quantitative estimate of drug-likeness (QED) is 0.853. The van der Waals surface area contributed by atoms with Crippen LogP contribution < -0.4 is 10.1 Å². The van der Waals surface area contributed by atoms with E-state index < -0.39 is 0 Å². The topological polar surface area (TPSA) is 46.3 Å². The smallest absolute Gasteiger partial charge is 0.133 e. The van der Waals surface area contributed by atoms with Crippen LogP contribution in [0.3, 0.4) is 0 Å². The number of H-pyrrole nitrogens is 1. The Hall–Kier alpha value is -1.52. The second-order valence-electron chi connectivity index (χ2n) is 4.66. The van der Waals surface area contributed by atoms with Gasteiger partial charge in [-0.15, -0.1) is 0 Å². The Balaban J connectivity index is 2.13. The van der Waals surface area contributed by atoms with Gasteiger partial charge in [-0.05, 0) is 18.6 Å². The van der Waals surface area contributed by atoms with Crippen LogP contribution >= 0.6 is 0 Å². The monoisotopic (exact) mass is 246 g/mol. The van der Waals surface area contributed by atoms with E-state index in [9.17, 15) is 0 Å². The van der Waals surface area contributed by atoms with Crippen molar-refractivity contribution in [3.05, 3.63) is 29.5 Å². The molecule has 0 radical (unpaired) electrons. The predicted molar refractivity (Wildman–Crippen MR) is 71.2 cm³/mol. The molecule has 3 rings (SSSR count). The summed E-state index contributed by atoms with van der Waals surface area (Å²) in [6.45, 7) is 4.46. The van der Waals surface area contributed by atoms with Crippen molar-refractivity contribution >= 4 is 10.9 Å². The Bertz CT molecular complexity index is 556. The van der Waals surface area contributed by atoms with E-state index in [1.165, 1.54) is 16.5 Å². The standard InChI is InChI=1S/C14H18N2O2/c1-9-7-16-11-4-3-10(14(17-2)13(9)11)12-8-18-6-5-15-12/h3-4,7,12,15-16H,5-6,8H2,1-2H3. The van der Waals surface area contributed by atoms with E-state index in [1.54, 1.807) is 7.11 Å². The van der Waals surface area contributed by atoms with Gasteiger partial charge in [0.25, 0.3) is 0 Å². The minimum atomic E-state index is 0.215. The number of fused-ring (bicyclic) bond motifs is 1. The third-order valence-electron chi connectivity index (χ3n) is 3.53. The summed E-state index contributed by atoms with van der Waals surface area (Å²) in [7, 11) is 1.73. The Kier molecular flexibility index (Phi) is 2.97. The van der Waals surface area contributed by atoms with Crippen molar-refractivity contribution in [2.24, 2.45) is 0 Å². The molecule has 1 aliphatic heterocycles. The largest absolute Gasteiger partial charge is 0.496 e. The summed E-state index contributed by atoms with van der Waals surface area (Å²) in [6.07, 6.45) is 2.02. The fraction of sp³-hybridized carbons (Fsp3) is 0.429. The van der Waals surface area contributed by atoms with Gasteiger partial charge in [-0.25, -0.2) is 0 Å². The molecule has 2 heterocycles. The van der Waals surface area contributed by atoms with Crippen LogP contribution in [0.2, 0.25) is 0 Å². The third kappa shape index (κ3) is 1.78. The molecule has 1 aromatic heterocycles. The first-order valence-electron chi connectivity index (χ1n) is 6.27. The maximum atomic E-state index is 5.64. The van der Waals surface area contributed by atoms with E-state index in [2.05, 4.69) is 29.4 Å². The van der Waals surface area contributed by atoms with Crippen LogP contribution in [0.1, 0.15) is 17.2 Å². The van der Waals surface area contributed by atoms with Crippen LogP contribution in [-0.4, -0.2) is 31.9 Å². The Morgan fingerprint density at radius 1 is 1.39 bits per heavy atom. The van der Waals surface area contributed by atoms with Crippen LogP contribution in [-0.2, 0) is 4.74 Å². The van der Waals surface area contributed by atoms with E-state index in [4.69, 9.17) is 9.47 Å². The van der Waals surface area contributed by atoms with Gasteiger partial charge in [0.2, 0.25) is 0 Å². The average molecular weight is 246 g/mol. The lowest BCUT2D eigenvalue weighted by molar-refractivity contribution is 0.0761. The van der Waals surface area contributed by atoms with Crippen molar-refractivity contribution in [3.8, 4) is 5.75 Å². The van der Waals surface area contributed by atoms with Gasteiger partial charge in [-0.2, -0.15) is 0 Å². The van der Waals surface area contributed by atoms with Crippen molar-refractivity contribution in [2.45, 2.75) is 13.0 Å². The lowest BCUT2D eigenvalue weighted by atomic mass is 10.0. The average Bonchev–Trinajstić information content (AvgIpc) is 2.81. The highest BCUT2D eigenvalue weighted by molar-refractivity contribution is 5.90. The zero-order valence-corrected chi connectivity index (χ0v) is 10.7. The number of ether oxygens (including phenoxy) is 2. The van der Waals surface area contributed by atoms with E-state index in [-0.39, 0.29) is 6.04 Å². The summed E-state index contributed by atoms with van der Waals surface area (Å²) < 4.78 is 11.2. The van der Waals surface area contributed by atoms with Crippen molar-refractivity contribution < 1.29 is 9.47 Å². The molecule has 0 aliphatic carbocycles. The van der Waals surface area contributed by atoms with Crippen LogP contribution in [0, 0.1) is 6.92 Å². The van der Waals surface area contributed by atoms with Gasteiger partial charge in [0.15, 0.2) is 0 Å². The molecule has 1 unspecified atom stereocenters. The number of hydrogen-bond donors (Lipinski definition) is 2. The van der Waals surface area contributed by atoms with Gasteiger partial charge >= 0.3 is 0 Å². The van der Waals surface area contributed by atoms with E-state index in [1.807, 2.05) is 6.20 Å². The Morgan fingerprint density at radius 3 is 3.00 bits per heavy atom. The number of methoxy groups -OCH3 is 1. The number of morpholine rings is 1. The molecule has 1 saturated heterocycles. The molecule has 1 fully saturated rings. The Morgan fingerprint density at radius 2 is 2.28 bits per heavy atom. The van der Waals surface area contributed by atoms with Crippen LogP contribution in [0.4, 0.5) is 0 Å². The van der Waals surface area contributed by atoms with Gasteiger partial charge in [-0.3, -0.25) is 0 Å². The molecular weight excluding hydrogens is 228 g/mol. The molecule has 1 aromatic carbocycles. The van der Waals surface area contributed by atoms with Crippen molar-refractivity contribution in [1.82, 2.24) is 10.3 Å². The highest BCUT2D eigenvalue weighted by Crippen LogP contribution is 2.35. The number of nitrogens with one attached hydrogen (secondary N) is 2. The molecule has 4 heteroatoms. The van der Waals surface area contributed by atoms with E-state index in [0.717, 1.165) is 24.4 Å². The van der Waals surface area contributed by atoms with E-state index in [0.29, 0.717) is 6.61 Å². The molecule has 0 amide bonds. The SMILES string of the molecule is COc1c(C2COCCN2)ccc2[nH]cc(C)c12.